The van der Waals surface area contributed by atoms with Gasteiger partial charge in [-0.3, -0.25) is 0 Å². The van der Waals surface area contributed by atoms with Crippen molar-refractivity contribution < 1.29 is 0 Å². The van der Waals surface area contributed by atoms with Gasteiger partial charge in [-0.15, -0.1) is 11.8 Å². The largest absolute Gasteiger partial charge is 0.374 e. The minimum Gasteiger partial charge on any atom is -0.374 e. The molecule has 1 rings (SSSR count). The Morgan fingerprint density at radius 2 is 2.10 bits per heavy atom. The Hall–Kier alpha value is -0.110. The minimum absolute atomic E-state index is 0.272. The highest BCUT2D eigenvalue weighted by molar-refractivity contribution is 8.04. The van der Waals surface area contributed by atoms with E-state index in [0.29, 0.717) is 0 Å². The SMILES string of the molecule is CCC1(C)NC(C)=C(C)S1. The van der Waals surface area contributed by atoms with Crippen molar-refractivity contribution >= 4 is 11.8 Å². The summed E-state index contributed by atoms with van der Waals surface area (Å²) < 4.78 is 0. The van der Waals surface area contributed by atoms with Crippen LogP contribution >= 0.6 is 11.8 Å². The van der Waals surface area contributed by atoms with Gasteiger partial charge in [-0.05, 0) is 27.2 Å². The topological polar surface area (TPSA) is 12.0 Å². The van der Waals surface area contributed by atoms with E-state index >= 15 is 0 Å². The van der Waals surface area contributed by atoms with Crippen LogP contribution in [0.4, 0.5) is 0 Å². The summed E-state index contributed by atoms with van der Waals surface area (Å²) in [6, 6.07) is 0. The zero-order chi connectivity index (χ0) is 7.78. The number of allylic oxidation sites excluding steroid dienone is 2. The monoisotopic (exact) mass is 157 g/mol. The van der Waals surface area contributed by atoms with E-state index in [2.05, 4.69) is 33.0 Å². The molecular weight excluding hydrogens is 142 g/mol. The standard InChI is InChI=1S/C8H15NS/c1-5-8(4)9-6(2)7(3)10-8/h9H,5H2,1-4H3. The quantitative estimate of drug-likeness (QED) is 0.628. The highest BCUT2D eigenvalue weighted by Crippen LogP contribution is 2.39. The Labute approximate surface area is 67.3 Å². The van der Waals surface area contributed by atoms with Crippen LogP contribution in [0, 0.1) is 0 Å². The molecule has 1 heterocycles. The molecule has 0 aromatic carbocycles. The van der Waals surface area contributed by atoms with E-state index in [9.17, 15) is 0 Å². The lowest BCUT2D eigenvalue weighted by Gasteiger charge is -2.22. The molecule has 1 N–H and O–H groups in total. The van der Waals surface area contributed by atoms with Crippen molar-refractivity contribution in [1.29, 1.82) is 0 Å². The van der Waals surface area contributed by atoms with E-state index < -0.39 is 0 Å². The van der Waals surface area contributed by atoms with Crippen molar-refractivity contribution in [1.82, 2.24) is 5.32 Å². The fourth-order valence-electron chi connectivity index (χ4n) is 1.09. The Bertz CT molecular complexity index is 158. The van der Waals surface area contributed by atoms with Gasteiger partial charge in [0.15, 0.2) is 0 Å². The molecule has 58 valence electrons. The van der Waals surface area contributed by atoms with Gasteiger partial charge >= 0.3 is 0 Å². The molecule has 0 aromatic rings. The van der Waals surface area contributed by atoms with Crippen molar-refractivity contribution in [2.24, 2.45) is 0 Å². The zero-order valence-electron chi connectivity index (χ0n) is 7.12. The van der Waals surface area contributed by atoms with Crippen LogP contribution in [0.5, 0.6) is 0 Å². The molecule has 0 saturated carbocycles. The molecular formula is C8H15NS. The van der Waals surface area contributed by atoms with E-state index in [1.54, 1.807) is 0 Å². The van der Waals surface area contributed by atoms with Crippen molar-refractivity contribution in [3.63, 3.8) is 0 Å². The van der Waals surface area contributed by atoms with Crippen molar-refractivity contribution in [2.45, 2.75) is 39.0 Å². The van der Waals surface area contributed by atoms with Crippen LogP contribution in [0.1, 0.15) is 34.1 Å². The van der Waals surface area contributed by atoms with Crippen molar-refractivity contribution in [3.05, 3.63) is 10.6 Å². The van der Waals surface area contributed by atoms with Crippen LogP contribution < -0.4 is 5.32 Å². The average molecular weight is 157 g/mol. The predicted octanol–water partition coefficient (Wildman–Crippen LogP) is 2.70. The van der Waals surface area contributed by atoms with Crippen LogP contribution in [0.3, 0.4) is 0 Å². The number of thioether (sulfide) groups is 1. The molecule has 0 radical (unpaired) electrons. The first-order valence-corrected chi connectivity index (χ1v) is 4.54. The Kier molecular flexibility index (Phi) is 1.99. The van der Waals surface area contributed by atoms with Crippen LogP contribution in [0.2, 0.25) is 0 Å². The maximum atomic E-state index is 3.47. The molecule has 0 fully saturated rings. The summed E-state index contributed by atoms with van der Waals surface area (Å²) in [4.78, 5) is 1.71. The summed E-state index contributed by atoms with van der Waals surface area (Å²) in [5, 5.41) is 3.47. The summed E-state index contributed by atoms with van der Waals surface area (Å²) in [6.07, 6.45) is 1.17. The molecule has 2 heteroatoms. The van der Waals surface area contributed by atoms with Gasteiger partial charge in [-0.1, -0.05) is 6.92 Å². The zero-order valence-corrected chi connectivity index (χ0v) is 7.93. The van der Waals surface area contributed by atoms with Crippen LogP contribution in [-0.4, -0.2) is 4.87 Å². The Morgan fingerprint density at radius 3 is 2.30 bits per heavy atom. The second-order valence-electron chi connectivity index (χ2n) is 2.99. The summed E-state index contributed by atoms with van der Waals surface area (Å²) >= 11 is 1.94. The maximum Gasteiger partial charge on any atom is 0.0843 e. The number of rotatable bonds is 1. The molecule has 1 nitrogen and oxygen atoms in total. The third kappa shape index (κ3) is 1.31. The average Bonchev–Trinajstić information content (AvgIpc) is 2.10. The van der Waals surface area contributed by atoms with Gasteiger partial charge in [0.2, 0.25) is 0 Å². The van der Waals surface area contributed by atoms with Crippen molar-refractivity contribution in [2.75, 3.05) is 0 Å². The van der Waals surface area contributed by atoms with Gasteiger partial charge in [-0.25, -0.2) is 0 Å². The predicted molar refractivity (Wildman–Crippen MR) is 47.8 cm³/mol. The molecule has 1 aliphatic rings. The number of hydrogen-bond acceptors (Lipinski definition) is 2. The Morgan fingerprint density at radius 1 is 1.50 bits per heavy atom. The van der Waals surface area contributed by atoms with E-state index in [4.69, 9.17) is 0 Å². The molecule has 0 aromatic heterocycles. The third-order valence-electron chi connectivity index (χ3n) is 2.03. The second kappa shape index (κ2) is 2.50. The first-order chi connectivity index (χ1) is 4.57. The lowest BCUT2D eigenvalue weighted by molar-refractivity contribution is 0.553. The smallest absolute Gasteiger partial charge is 0.0843 e. The highest BCUT2D eigenvalue weighted by Gasteiger charge is 2.29. The summed E-state index contributed by atoms with van der Waals surface area (Å²) in [5.74, 6) is 0. The molecule has 0 bridgehead atoms. The van der Waals surface area contributed by atoms with Crippen LogP contribution in [0.15, 0.2) is 10.6 Å². The first-order valence-electron chi connectivity index (χ1n) is 3.72. The lowest BCUT2D eigenvalue weighted by Crippen LogP contribution is -2.32. The van der Waals surface area contributed by atoms with E-state index in [-0.39, 0.29) is 4.87 Å². The molecule has 0 amide bonds. The molecule has 1 atom stereocenters. The van der Waals surface area contributed by atoms with E-state index in [1.807, 2.05) is 11.8 Å². The molecule has 0 spiro atoms. The van der Waals surface area contributed by atoms with Gasteiger partial charge in [0, 0.05) is 10.6 Å². The van der Waals surface area contributed by atoms with Gasteiger partial charge < -0.3 is 5.32 Å². The fraction of sp³-hybridized carbons (Fsp3) is 0.750. The summed E-state index contributed by atoms with van der Waals surface area (Å²) in [7, 11) is 0. The molecule has 1 aliphatic heterocycles. The van der Waals surface area contributed by atoms with Gasteiger partial charge in [-0.2, -0.15) is 0 Å². The van der Waals surface area contributed by atoms with E-state index in [1.165, 1.54) is 17.0 Å². The van der Waals surface area contributed by atoms with Crippen LogP contribution in [0.25, 0.3) is 0 Å². The lowest BCUT2D eigenvalue weighted by atomic mass is 10.2. The fourth-order valence-corrected chi connectivity index (χ4v) is 2.31. The number of nitrogens with one attached hydrogen (secondary N) is 1. The first kappa shape index (κ1) is 7.99. The molecule has 1 unspecified atom stereocenters. The second-order valence-corrected chi connectivity index (χ2v) is 4.71. The van der Waals surface area contributed by atoms with Gasteiger partial charge in [0.05, 0.1) is 4.87 Å². The summed E-state index contributed by atoms with van der Waals surface area (Å²) in [5.41, 5.74) is 1.34. The van der Waals surface area contributed by atoms with E-state index in [0.717, 1.165) is 0 Å². The van der Waals surface area contributed by atoms with Crippen molar-refractivity contribution in [3.8, 4) is 0 Å². The van der Waals surface area contributed by atoms with Gasteiger partial charge in [0.25, 0.3) is 0 Å². The van der Waals surface area contributed by atoms with Gasteiger partial charge in [0.1, 0.15) is 0 Å². The minimum atomic E-state index is 0.272. The Balaban J connectivity index is 2.66. The molecule has 10 heavy (non-hydrogen) atoms. The molecule has 0 aliphatic carbocycles. The number of hydrogen-bond donors (Lipinski definition) is 1. The highest BCUT2D eigenvalue weighted by atomic mass is 32.2. The third-order valence-corrected chi connectivity index (χ3v) is 3.49. The summed E-state index contributed by atoms with van der Waals surface area (Å²) in [6.45, 7) is 8.78. The van der Waals surface area contributed by atoms with Crippen LogP contribution in [-0.2, 0) is 0 Å². The maximum absolute atomic E-state index is 3.47. The normalized spacial score (nSPS) is 32.8. The molecule has 0 saturated heterocycles.